The summed E-state index contributed by atoms with van der Waals surface area (Å²) in [5.74, 6) is 0. The highest BCUT2D eigenvalue weighted by Crippen LogP contribution is 2.08. The van der Waals surface area contributed by atoms with Gasteiger partial charge < -0.3 is 0 Å². The molecule has 0 aromatic rings. The summed E-state index contributed by atoms with van der Waals surface area (Å²) < 4.78 is 25.2. The van der Waals surface area contributed by atoms with Crippen LogP contribution in [-0.4, -0.2) is 19.7 Å². The summed E-state index contributed by atoms with van der Waals surface area (Å²) in [5, 5.41) is -0.382. The Balaban J connectivity index is 3.75. The lowest BCUT2D eigenvalue weighted by Gasteiger charge is -2.03. The van der Waals surface area contributed by atoms with Gasteiger partial charge in [0, 0.05) is 0 Å². The van der Waals surface area contributed by atoms with Gasteiger partial charge in [0.15, 0.2) is 0 Å². The average Bonchev–Trinajstić information content (AvgIpc) is 1.62. The molecule has 0 saturated carbocycles. The van der Waals surface area contributed by atoms with E-state index in [4.69, 9.17) is 0 Å². The number of hydrogen-bond donors (Lipinski definition) is 0. The van der Waals surface area contributed by atoms with Gasteiger partial charge in [0.05, 0.1) is 6.26 Å². The second-order valence-electron chi connectivity index (χ2n) is 1.62. The molecule has 0 saturated heterocycles. The van der Waals surface area contributed by atoms with Crippen molar-refractivity contribution in [2.45, 2.75) is 18.4 Å². The Morgan fingerprint density at radius 3 is 2.22 bits per heavy atom. The third kappa shape index (κ3) is 6.27. The molecule has 0 aliphatic heterocycles. The van der Waals surface area contributed by atoms with Crippen LogP contribution in [0.2, 0.25) is 0 Å². The predicted octanol–water partition coefficient (Wildman–Crippen LogP) is 1.09. The Bertz CT molecular complexity index is 163. The minimum Gasteiger partial charge on any atom is -0.255 e. The summed E-state index contributed by atoms with van der Waals surface area (Å²) in [6.07, 6.45) is 1.66. The summed E-state index contributed by atoms with van der Waals surface area (Å²) in [6, 6.07) is 0. The third-order valence-corrected chi connectivity index (χ3v) is 2.26. The molecule has 0 N–H and O–H groups in total. The fraction of sp³-hybridized carbons (Fsp3) is 1.00. The molecule has 3 nitrogen and oxygen atoms in total. The van der Waals surface area contributed by atoms with Crippen LogP contribution in [0.3, 0.4) is 0 Å². The summed E-state index contributed by atoms with van der Waals surface area (Å²) >= 11 is 3.01. The van der Waals surface area contributed by atoms with E-state index in [1.807, 2.05) is 6.92 Å². The average molecular weight is 217 g/mol. The standard InChI is InChI=1S/C4H9BrO3S/c1-3-4(5)8-9(2,6)7/h4H,3H2,1-2H3. The van der Waals surface area contributed by atoms with Crippen LogP contribution in [0.15, 0.2) is 0 Å². The highest BCUT2D eigenvalue weighted by molar-refractivity contribution is 9.09. The molecular formula is C4H9BrO3S. The number of rotatable bonds is 3. The molecule has 0 aromatic carbocycles. The van der Waals surface area contributed by atoms with Crippen LogP contribution >= 0.6 is 15.9 Å². The SMILES string of the molecule is CCC(Br)OS(C)(=O)=O. The Morgan fingerprint density at radius 2 is 2.11 bits per heavy atom. The summed E-state index contributed by atoms with van der Waals surface area (Å²) in [5.41, 5.74) is 0. The van der Waals surface area contributed by atoms with Gasteiger partial charge in [-0.15, -0.1) is 0 Å². The molecule has 1 atom stereocenters. The molecule has 0 spiro atoms. The Labute approximate surface area is 63.6 Å². The maximum absolute atomic E-state index is 10.3. The maximum atomic E-state index is 10.3. The lowest BCUT2D eigenvalue weighted by molar-refractivity contribution is 0.297. The molecule has 5 heteroatoms. The highest BCUT2D eigenvalue weighted by atomic mass is 79.9. The van der Waals surface area contributed by atoms with Crippen molar-refractivity contribution < 1.29 is 12.6 Å². The molecule has 0 rings (SSSR count). The lowest BCUT2D eigenvalue weighted by atomic mass is 10.5. The van der Waals surface area contributed by atoms with E-state index in [1.165, 1.54) is 0 Å². The highest BCUT2D eigenvalue weighted by Gasteiger charge is 2.08. The smallest absolute Gasteiger partial charge is 0.255 e. The second-order valence-corrected chi connectivity index (χ2v) is 4.24. The van der Waals surface area contributed by atoms with Crippen LogP contribution in [-0.2, 0) is 14.3 Å². The van der Waals surface area contributed by atoms with Crippen molar-refractivity contribution in [3.8, 4) is 0 Å². The lowest BCUT2D eigenvalue weighted by Crippen LogP contribution is -2.09. The van der Waals surface area contributed by atoms with Crippen molar-refractivity contribution in [2.75, 3.05) is 6.26 Å². The predicted molar refractivity (Wildman–Crippen MR) is 38.9 cm³/mol. The second kappa shape index (κ2) is 3.53. The van der Waals surface area contributed by atoms with Crippen LogP contribution < -0.4 is 0 Å². The fourth-order valence-corrected chi connectivity index (χ4v) is 1.60. The number of hydrogen-bond acceptors (Lipinski definition) is 3. The molecule has 0 amide bonds. The van der Waals surface area contributed by atoms with Gasteiger partial charge >= 0.3 is 0 Å². The Morgan fingerprint density at radius 1 is 1.67 bits per heavy atom. The van der Waals surface area contributed by atoms with Crippen molar-refractivity contribution in [1.29, 1.82) is 0 Å². The van der Waals surface area contributed by atoms with Crippen molar-refractivity contribution in [3.05, 3.63) is 0 Å². The van der Waals surface area contributed by atoms with Gasteiger partial charge in [-0.1, -0.05) is 22.9 Å². The first-order chi connectivity index (χ1) is 3.95. The van der Waals surface area contributed by atoms with E-state index >= 15 is 0 Å². The first-order valence-electron chi connectivity index (χ1n) is 2.48. The van der Waals surface area contributed by atoms with Crippen molar-refractivity contribution in [3.63, 3.8) is 0 Å². The number of alkyl halides is 1. The molecule has 56 valence electrons. The zero-order valence-corrected chi connectivity index (χ0v) is 7.70. The van der Waals surface area contributed by atoms with Crippen LogP contribution in [0.25, 0.3) is 0 Å². The van der Waals surface area contributed by atoms with Gasteiger partial charge in [-0.3, -0.25) is 4.18 Å². The van der Waals surface area contributed by atoms with Gasteiger partial charge in [0.1, 0.15) is 5.01 Å². The summed E-state index contributed by atoms with van der Waals surface area (Å²) in [4.78, 5) is 0. The van der Waals surface area contributed by atoms with Crippen molar-refractivity contribution >= 4 is 26.0 Å². The van der Waals surface area contributed by atoms with Gasteiger partial charge in [-0.05, 0) is 6.42 Å². The van der Waals surface area contributed by atoms with E-state index in [2.05, 4.69) is 20.1 Å². The van der Waals surface area contributed by atoms with Crippen molar-refractivity contribution in [2.24, 2.45) is 0 Å². The quantitative estimate of drug-likeness (QED) is 0.525. The topological polar surface area (TPSA) is 43.4 Å². The Kier molecular flexibility index (Phi) is 3.68. The van der Waals surface area contributed by atoms with E-state index in [1.54, 1.807) is 0 Å². The van der Waals surface area contributed by atoms with Crippen molar-refractivity contribution in [1.82, 2.24) is 0 Å². The third-order valence-electron chi connectivity index (χ3n) is 0.600. The van der Waals surface area contributed by atoms with E-state index in [9.17, 15) is 8.42 Å². The molecule has 0 fully saturated rings. The molecule has 9 heavy (non-hydrogen) atoms. The molecule has 1 unspecified atom stereocenters. The number of halogens is 1. The zero-order chi connectivity index (χ0) is 7.49. The molecular weight excluding hydrogens is 208 g/mol. The Hall–Kier alpha value is 0.390. The molecule has 0 aliphatic carbocycles. The molecule has 0 aromatic heterocycles. The van der Waals surface area contributed by atoms with Gasteiger partial charge in [-0.25, -0.2) is 0 Å². The first kappa shape index (κ1) is 9.39. The largest absolute Gasteiger partial charge is 0.265 e. The fourth-order valence-electron chi connectivity index (χ4n) is 0.258. The van der Waals surface area contributed by atoms with E-state index < -0.39 is 10.1 Å². The van der Waals surface area contributed by atoms with Crippen LogP contribution in [0.4, 0.5) is 0 Å². The molecule has 0 heterocycles. The molecule has 0 bridgehead atoms. The first-order valence-corrected chi connectivity index (χ1v) is 5.21. The minimum absolute atomic E-state index is 0.382. The zero-order valence-electron chi connectivity index (χ0n) is 5.30. The van der Waals surface area contributed by atoms with E-state index in [0.29, 0.717) is 6.42 Å². The van der Waals surface area contributed by atoms with Gasteiger partial charge in [0.25, 0.3) is 10.1 Å². The summed E-state index contributed by atoms with van der Waals surface area (Å²) in [7, 11) is -3.28. The van der Waals surface area contributed by atoms with Gasteiger partial charge in [-0.2, -0.15) is 8.42 Å². The monoisotopic (exact) mass is 216 g/mol. The van der Waals surface area contributed by atoms with Crippen LogP contribution in [0, 0.1) is 0 Å². The van der Waals surface area contributed by atoms with E-state index in [-0.39, 0.29) is 5.01 Å². The van der Waals surface area contributed by atoms with E-state index in [0.717, 1.165) is 6.26 Å². The minimum atomic E-state index is -3.28. The normalized spacial score (nSPS) is 15.4. The van der Waals surface area contributed by atoms with Gasteiger partial charge in [0.2, 0.25) is 0 Å². The summed E-state index contributed by atoms with van der Waals surface area (Å²) in [6.45, 7) is 1.82. The molecule has 0 radical (unpaired) electrons. The van der Waals surface area contributed by atoms with Crippen LogP contribution in [0.5, 0.6) is 0 Å². The maximum Gasteiger partial charge on any atom is 0.265 e. The molecule has 0 aliphatic rings. The van der Waals surface area contributed by atoms with Crippen LogP contribution in [0.1, 0.15) is 13.3 Å².